The molecule has 158 valence electrons. The van der Waals surface area contributed by atoms with Crippen molar-refractivity contribution in [1.29, 1.82) is 0 Å². The van der Waals surface area contributed by atoms with Crippen LogP contribution >= 0.6 is 34.7 Å². The highest BCUT2D eigenvalue weighted by Gasteiger charge is 2.18. The van der Waals surface area contributed by atoms with Gasteiger partial charge in [0.15, 0.2) is 6.61 Å². The molecule has 0 aliphatic carbocycles. The van der Waals surface area contributed by atoms with Gasteiger partial charge in [0.2, 0.25) is 0 Å². The van der Waals surface area contributed by atoms with Gasteiger partial charge >= 0.3 is 5.97 Å². The van der Waals surface area contributed by atoms with Crippen molar-refractivity contribution >= 4 is 46.6 Å². The smallest absolute Gasteiger partial charge is 0.339 e. The SMILES string of the molecule is Cc1noc(C)c1CSc1ccccc1C(=O)OCC(=O)N(C)Cc1ccc(Cl)s1. The van der Waals surface area contributed by atoms with Gasteiger partial charge in [-0.15, -0.1) is 23.1 Å². The monoisotopic (exact) mass is 464 g/mol. The maximum atomic E-state index is 12.6. The number of esters is 1. The zero-order valence-corrected chi connectivity index (χ0v) is 19.2. The number of aryl methyl sites for hydroxylation is 2. The van der Waals surface area contributed by atoms with Crippen LogP contribution in [0.3, 0.4) is 0 Å². The van der Waals surface area contributed by atoms with E-state index in [1.54, 1.807) is 25.2 Å². The van der Waals surface area contributed by atoms with Gasteiger partial charge in [0, 0.05) is 28.1 Å². The van der Waals surface area contributed by atoms with Crippen LogP contribution in [-0.4, -0.2) is 35.6 Å². The summed E-state index contributed by atoms with van der Waals surface area (Å²) in [5.41, 5.74) is 2.27. The van der Waals surface area contributed by atoms with Gasteiger partial charge in [0.25, 0.3) is 5.91 Å². The van der Waals surface area contributed by atoms with Crippen molar-refractivity contribution in [1.82, 2.24) is 10.1 Å². The van der Waals surface area contributed by atoms with Gasteiger partial charge in [-0.1, -0.05) is 28.9 Å². The van der Waals surface area contributed by atoms with Crippen molar-refractivity contribution in [2.45, 2.75) is 31.0 Å². The molecule has 0 unspecified atom stereocenters. The van der Waals surface area contributed by atoms with E-state index >= 15 is 0 Å². The molecule has 0 aliphatic heterocycles. The Balaban J connectivity index is 1.58. The first-order chi connectivity index (χ1) is 14.3. The summed E-state index contributed by atoms with van der Waals surface area (Å²) in [4.78, 5) is 28.2. The van der Waals surface area contributed by atoms with Gasteiger partial charge < -0.3 is 14.2 Å². The number of hydrogen-bond acceptors (Lipinski definition) is 7. The van der Waals surface area contributed by atoms with Crippen LogP contribution < -0.4 is 0 Å². The van der Waals surface area contributed by atoms with Crippen LogP contribution in [0.25, 0.3) is 0 Å². The Bertz CT molecular complexity index is 1030. The minimum absolute atomic E-state index is 0.284. The fourth-order valence-corrected chi connectivity index (χ4v) is 5.03. The molecule has 2 aromatic heterocycles. The van der Waals surface area contributed by atoms with E-state index in [0.29, 0.717) is 22.2 Å². The molecule has 6 nitrogen and oxygen atoms in total. The van der Waals surface area contributed by atoms with Crippen LogP contribution in [0, 0.1) is 13.8 Å². The quantitative estimate of drug-likeness (QED) is 0.340. The minimum atomic E-state index is -0.530. The van der Waals surface area contributed by atoms with Crippen LogP contribution in [0.4, 0.5) is 0 Å². The molecule has 0 bridgehead atoms. The number of thioether (sulfide) groups is 1. The number of rotatable bonds is 8. The predicted octanol–water partition coefficient (Wildman–Crippen LogP) is 5.11. The van der Waals surface area contributed by atoms with E-state index < -0.39 is 5.97 Å². The zero-order valence-electron chi connectivity index (χ0n) is 16.8. The average molecular weight is 465 g/mol. The Labute approximate surface area is 188 Å². The first-order valence-corrected chi connectivity index (χ1v) is 11.3. The van der Waals surface area contributed by atoms with E-state index in [1.807, 2.05) is 32.0 Å². The van der Waals surface area contributed by atoms with E-state index in [2.05, 4.69) is 5.16 Å². The van der Waals surface area contributed by atoms with Gasteiger partial charge in [0.1, 0.15) is 5.76 Å². The summed E-state index contributed by atoms with van der Waals surface area (Å²) < 4.78 is 11.1. The Kier molecular flexibility index (Phi) is 7.58. The lowest BCUT2D eigenvalue weighted by Gasteiger charge is -2.16. The summed E-state index contributed by atoms with van der Waals surface area (Å²) in [7, 11) is 1.66. The summed E-state index contributed by atoms with van der Waals surface area (Å²) in [5.74, 6) is 0.573. The number of carbonyl (C=O) groups is 2. The molecule has 9 heteroatoms. The Morgan fingerprint density at radius 3 is 2.67 bits per heavy atom. The number of benzene rings is 1. The third-order valence-corrected chi connectivity index (χ3v) is 6.75. The van der Waals surface area contributed by atoms with E-state index in [-0.39, 0.29) is 12.5 Å². The molecule has 1 aromatic carbocycles. The summed E-state index contributed by atoms with van der Waals surface area (Å²) in [6, 6.07) is 10.8. The van der Waals surface area contributed by atoms with Crippen molar-refractivity contribution in [2.75, 3.05) is 13.7 Å². The third-order valence-electron chi connectivity index (χ3n) is 4.43. The number of ether oxygens (including phenoxy) is 1. The number of nitrogens with zero attached hydrogens (tertiary/aromatic N) is 2. The standard InChI is InChI=1S/C21H21ClN2O4S2/c1-13-17(14(2)28-23-13)12-29-18-7-5-4-6-16(18)21(26)27-11-20(25)24(3)10-15-8-9-19(22)30-15/h4-9H,10-12H2,1-3H3. The van der Waals surface area contributed by atoms with Gasteiger partial charge in [-0.3, -0.25) is 4.79 Å². The van der Waals surface area contributed by atoms with Gasteiger partial charge in [-0.2, -0.15) is 0 Å². The number of carbonyl (C=O) groups excluding carboxylic acids is 2. The number of aromatic nitrogens is 1. The third kappa shape index (κ3) is 5.65. The fraction of sp³-hybridized carbons (Fsp3) is 0.286. The van der Waals surface area contributed by atoms with Gasteiger partial charge in [-0.05, 0) is 38.1 Å². The topological polar surface area (TPSA) is 72.6 Å². The largest absolute Gasteiger partial charge is 0.452 e. The molecule has 30 heavy (non-hydrogen) atoms. The molecule has 1 amide bonds. The number of hydrogen-bond donors (Lipinski definition) is 0. The van der Waals surface area contributed by atoms with E-state index in [9.17, 15) is 9.59 Å². The van der Waals surface area contributed by atoms with Crippen molar-refractivity contribution in [3.8, 4) is 0 Å². The summed E-state index contributed by atoms with van der Waals surface area (Å²) in [6.45, 7) is 3.84. The number of thiophene rings is 1. The maximum Gasteiger partial charge on any atom is 0.339 e. The normalized spacial score (nSPS) is 10.8. The van der Waals surface area contributed by atoms with E-state index in [1.165, 1.54) is 28.0 Å². The van der Waals surface area contributed by atoms with Gasteiger partial charge in [0.05, 0.1) is 22.1 Å². The van der Waals surface area contributed by atoms with Crippen molar-refractivity contribution in [3.63, 3.8) is 0 Å². The Hall–Kier alpha value is -2.29. The highest BCUT2D eigenvalue weighted by molar-refractivity contribution is 7.98. The molecule has 0 spiro atoms. The molecule has 0 aliphatic rings. The molecule has 0 fully saturated rings. The van der Waals surface area contributed by atoms with Crippen LogP contribution in [-0.2, 0) is 21.8 Å². The Morgan fingerprint density at radius 2 is 2.00 bits per heavy atom. The molecule has 0 saturated carbocycles. The van der Waals surface area contributed by atoms with Crippen molar-refractivity contribution in [3.05, 3.63) is 68.2 Å². The molecular weight excluding hydrogens is 444 g/mol. The highest BCUT2D eigenvalue weighted by atomic mass is 35.5. The summed E-state index contributed by atoms with van der Waals surface area (Å²) in [5, 5.41) is 3.95. The van der Waals surface area contributed by atoms with Crippen molar-refractivity contribution < 1.29 is 18.8 Å². The second kappa shape index (κ2) is 10.1. The van der Waals surface area contributed by atoms with Crippen LogP contribution in [0.15, 0.2) is 45.8 Å². The number of likely N-dealkylation sites (N-methyl/N-ethyl adjacent to an activating group) is 1. The number of halogens is 1. The van der Waals surface area contributed by atoms with Crippen molar-refractivity contribution in [2.24, 2.45) is 0 Å². The van der Waals surface area contributed by atoms with Crippen LogP contribution in [0.1, 0.15) is 32.3 Å². The molecule has 3 rings (SSSR count). The lowest BCUT2D eigenvalue weighted by atomic mass is 10.2. The zero-order chi connectivity index (χ0) is 21.7. The molecule has 3 aromatic rings. The summed E-state index contributed by atoms with van der Waals surface area (Å²) in [6.07, 6.45) is 0. The fourth-order valence-electron chi connectivity index (χ4n) is 2.69. The first kappa shape index (κ1) is 22.4. The highest BCUT2D eigenvalue weighted by Crippen LogP contribution is 2.29. The molecular formula is C21H21ClN2O4S2. The maximum absolute atomic E-state index is 12.6. The lowest BCUT2D eigenvalue weighted by molar-refractivity contribution is -0.133. The van der Waals surface area contributed by atoms with E-state index in [4.69, 9.17) is 20.9 Å². The van der Waals surface area contributed by atoms with Gasteiger partial charge in [-0.25, -0.2) is 4.79 Å². The molecule has 0 N–H and O–H groups in total. The number of amides is 1. The van der Waals surface area contributed by atoms with Crippen LogP contribution in [0.2, 0.25) is 4.34 Å². The molecule has 0 atom stereocenters. The Morgan fingerprint density at radius 1 is 1.23 bits per heavy atom. The predicted molar refractivity (Wildman–Crippen MR) is 118 cm³/mol. The van der Waals surface area contributed by atoms with E-state index in [0.717, 1.165) is 26.8 Å². The molecule has 0 radical (unpaired) electrons. The first-order valence-electron chi connectivity index (χ1n) is 9.14. The summed E-state index contributed by atoms with van der Waals surface area (Å²) >= 11 is 8.83. The minimum Gasteiger partial charge on any atom is -0.452 e. The average Bonchev–Trinajstić information content (AvgIpc) is 3.28. The molecule has 0 saturated heterocycles. The second-order valence-electron chi connectivity index (χ2n) is 6.62. The lowest BCUT2D eigenvalue weighted by Crippen LogP contribution is -2.30. The van der Waals surface area contributed by atoms with Crippen LogP contribution in [0.5, 0.6) is 0 Å². The second-order valence-corrected chi connectivity index (χ2v) is 9.44. The molecule has 2 heterocycles.